The predicted octanol–water partition coefficient (Wildman–Crippen LogP) is 5.44. The molecule has 0 bridgehead atoms. The summed E-state index contributed by atoms with van der Waals surface area (Å²) in [6, 6.07) is 20.6. The van der Waals surface area contributed by atoms with Gasteiger partial charge in [-0.15, -0.1) is 10.2 Å². The Balaban J connectivity index is 1.62. The highest BCUT2D eigenvalue weighted by molar-refractivity contribution is 6.30. The van der Waals surface area contributed by atoms with E-state index in [-0.39, 0.29) is 11.6 Å². The van der Waals surface area contributed by atoms with Crippen LogP contribution in [0.25, 0.3) is 11.5 Å². The molecule has 8 heteroatoms. The van der Waals surface area contributed by atoms with Crippen LogP contribution in [0.1, 0.15) is 17.5 Å². The average Bonchev–Trinajstić information content (AvgIpc) is 3.25. The number of rotatable bonds is 5. The lowest BCUT2D eigenvalue weighted by Gasteiger charge is -2.16. The molecule has 0 aliphatic rings. The lowest BCUT2D eigenvalue weighted by atomic mass is 10.1. The van der Waals surface area contributed by atoms with Gasteiger partial charge in [-0.25, -0.2) is 9.18 Å². The standard InChI is InChI=1S/C22H16ClFN4O2/c23-16-12-10-14(11-13-16)19(26-22(29)25-18-9-5-4-8-17(18)24)21-28-27-20(30-21)15-6-2-1-3-7-15/h1-13,19H,(H2,25,26,29). The Morgan fingerprint density at radius 2 is 1.63 bits per heavy atom. The van der Waals surface area contributed by atoms with Crippen LogP contribution >= 0.6 is 11.6 Å². The molecular formula is C22H16ClFN4O2. The van der Waals surface area contributed by atoms with E-state index in [1.165, 1.54) is 12.1 Å². The topological polar surface area (TPSA) is 80.0 Å². The first kappa shape index (κ1) is 19.6. The molecule has 3 aromatic carbocycles. The van der Waals surface area contributed by atoms with Gasteiger partial charge in [0.2, 0.25) is 11.8 Å². The van der Waals surface area contributed by atoms with Gasteiger partial charge in [-0.3, -0.25) is 0 Å². The van der Waals surface area contributed by atoms with Gasteiger partial charge in [0.1, 0.15) is 11.9 Å². The summed E-state index contributed by atoms with van der Waals surface area (Å²) in [5, 5.41) is 14.0. The summed E-state index contributed by atoms with van der Waals surface area (Å²) in [6.45, 7) is 0. The number of aromatic nitrogens is 2. The first-order chi connectivity index (χ1) is 14.6. The first-order valence-corrected chi connectivity index (χ1v) is 9.44. The third-order valence-corrected chi connectivity index (χ3v) is 4.56. The van der Waals surface area contributed by atoms with Gasteiger partial charge in [-0.05, 0) is 42.0 Å². The molecule has 0 aliphatic carbocycles. The van der Waals surface area contributed by atoms with Crippen LogP contribution in [0.4, 0.5) is 14.9 Å². The fourth-order valence-corrected chi connectivity index (χ4v) is 2.97. The number of hydrogen-bond acceptors (Lipinski definition) is 4. The lowest BCUT2D eigenvalue weighted by Crippen LogP contribution is -2.33. The lowest BCUT2D eigenvalue weighted by molar-refractivity contribution is 0.248. The number of carbonyl (C=O) groups is 1. The summed E-state index contributed by atoms with van der Waals surface area (Å²) >= 11 is 5.98. The van der Waals surface area contributed by atoms with Crippen LogP contribution in [-0.4, -0.2) is 16.2 Å². The zero-order valence-corrected chi connectivity index (χ0v) is 16.3. The van der Waals surface area contributed by atoms with Crippen molar-refractivity contribution in [2.75, 3.05) is 5.32 Å². The Labute approximate surface area is 176 Å². The molecule has 2 amide bonds. The summed E-state index contributed by atoms with van der Waals surface area (Å²) in [5.41, 5.74) is 1.48. The summed E-state index contributed by atoms with van der Waals surface area (Å²) in [7, 11) is 0. The maximum atomic E-state index is 13.9. The van der Waals surface area contributed by atoms with Crippen molar-refractivity contribution in [2.45, 2.75) is 6.04 Å². The molecule has 30 heavy (non-hydrogen) atoms. The minimum absolute atomic E-state index is 0.0559. The van der Waals surface area contributed by atoms with Gasteiger partial charge in [-0.1, -0.05) is 54.1 Å². The summed E-state index contributed by atoms with van der Waals surface area (Å²) < 4.78 is 19.7. The molecule has 4 aromatic rings. The van der Waals surface area contributed by atoms with Gasteiger partial charge in [0.05, 0.1) is 5.69 Å². The second-order valence-electron chi connectivity index (χ2n) is 6.37. The number of para-hydroxylation sites is 1. The minimum atomic E-state index is -0.765. The quantitative estimate of drug-likeness (QED) is 0.448. The second kappa shape index (κ2) is 8.75. The van der Waals surface area contributed by atoms with Crippen LogP contribution in [0.3, 0.4) is 0 Å². The van der Waals surface area contributed by atoms with Crippen molar-refractivity contribution >= 4 is 23.3 Å². The monoisotopic (exact) mass is 422 g/mol. The van der Waals surface area contributed by atoms with E-state index in [1.54, 1.807) is 36.4 Å². The van der Waals surface area contributed by atoms with E-state index in [1.807, 2.05) is 30.3 Å². The first-order valence-electron chi connectivity index (χ1n) is 9.06. The van der Waals surface area contributed by atoms with Crippen molar-refractivity contribution in [2.24, 2.45) is 0 Å². The third-order valence-electron chi connectivity index (χ3n) is 4.31. The van der Waals surface area contributed by atoms with Crippen molar-refractivity contribution in [3.63, 3.8) is 0 Å². The van der Waals surface area contributed by atoms with Crippen LogP contribution in [0.15, 0.2) is 83.3 Å². The number of nitrogens with one attached hydrogen (secondary N) is 2. The van der Waals surface area contributed by atoms with Gasteiger partial charge in [0, 0.05) is 10.6 Å². The van der Waals surface area contributed by atoms with Crippen molar-refractivity contribution in [3.8, 4) is 11.5 Å². The molecule has 6 nitrogen and oxygen atoms in total. The molecule has 2 N–H and O–H groups in total. The van der Waals surface area contributed by atoms with Gasteiger partial charge in [0.25, 0.3) is 0 Å². The Bertz CT molecular complexity index is 1150. The van der Waals surface area contributed by atoms with Crippen molar-refractivity contribution in [3.05, 3.63) is 101 Å². The highest BCUT2D eigenvalue weighted by Crippen LogP contribution is 2.26. The molecule has 0 spiro atoms. The van der Waals surface area contributed by atoms with Crippen LogP contribution < -0.4 is 10.6 Å². The van der Waals surface area contributed by atoms with Crippen LogP contribution in [-0.2, 0) is 0 Å². The van der Waals surface area contributed by atoms with Crippen molar-refractivity contribution in [1.29, 1.82) is 0 Å². The molecule has 150 valence electrons. The second-order valence-corrected chi connectivity index (χ2v) is 6.81. The highest BCUT2D eigenvalue weighted by Gasteiger charge is 2.24. The molecule has 1 unspecified atom stereocenters. The van der Waals surface area contributed by atoms with Gasteiger partial charge < -0.3 is 15.1 Å². The Kier molecular flexibility index (Phi) is 5.72. The predicted molar refractivity (Wildman–Crippen MR) is 112 cm³/mol. The van der Waals surface area contributed by atoms with E-state index in [0.29, 0.717) is 16.5 Å². The zero-order chi connectivity index (χ0) is 20.9. The molecule has 4 rings (SSSR count). The van der Waals surface area contributed by atoms with Gasteiger partial charge >= 0.3 is 6.03 Å². The van der Waals surface area contributed by atoms with Gasteiger partial charge in [-0.2, -0.15) is 0 Å². The Morgan fingerprint density at radius 3 is 2.37 bits per heavy atom. The third kappa shape index (κ3) is 4.47. The molecule has 0 radical (unpaired) electrons. The number of urea groups is 1. The van der Waals surface area contributed by atoms with E-state index in [4.69, 9.17) is 16.0 Å². The molecule has 1 heterocycles. The molecule has 0 saturated carbocycles. The normalized spacial score (nSPS) is 11.7. The zero-order valence-electron chi connectivity index (χ0n) is 15.5. The van der Waals surface area contributed by atoms with Crippen LogP contribution in [0, 0.1) is 5.82 Å². The average molecular weight is 423 g/mol. The molecule has 1 atom stereocenters. The summed E-state index contributed by atoms with van der Waals surface area (Å²) in [6.07, 6.45) is 0. The molecular weight excluding hydrogens is 407 g/mol. The van der Waals surface area contributed by atoms with E-state index < -0.39 is 17.9 Å². The molecule has 0 aliphatic heterocycles. The summed E-state index contributed by atoms with van der Waals surface area (Å²) in [4.78, 5) is 12.6. The maximum absolute atomic E-state index is 13.9. The number of benzene rings is 3. The van der Waals surface area contributed by atoms with E-state index >= 15 is 0 Å². The van der Waals surface area contributed by atoms with Crippen molar-refractivity contribution < 1.29 is 13.6 Å². The fourth-order valence-electron chi connectivity index (χ4n) is 2.84. The highest BCUT2D eigenvalue weighted by atomic mass is 35.5. The molecule has 0 fully saturated rings. The molecule has 0 saturated heterocycles. The van der Waals surface area contributed by atoms with Crippen molar-refractivity contribution in [1.82, 2.24) is 15.5 Å². The number of carbonyl (C=O) groups excluding carboxylic acids is 1. The fraction of sp³-hybridized carbons (Fsp3) is 0.0455. The number of nitrogens with zero attached hydrogens (tertiary/aromatic N) is 2. The Morgan fingerprint density at radius 1 is 0.933 bits per heavy atom. The smallest absolute Gasteiger partial charge is 0.320 e. The van der Waals surface area contributed by atoms with E-state index in [2.05, 4.69) is 20.8 Å². The molecule has 1 aromatic heterocycles. The SMILES string of the molecule is O=C(Nc1ccccc1F)NC(c1ccc(Cl)cc1)c1nnc(-c2ccccc2)o1. The number of anilines is 1. The van der Waals surface area contributed by atoms with Crippen LogP contribution in [0.5, 0.6) is 0 Å². The maximum Gasteiger partial charge on any atom is 0.320 e. The minimum Gasteiger partial charge on any atom is -0.418 e. The number of hydrogen-bond donors (Lipinski definition) is 2. The van der Waals surface area contributed by atoms with E-state index in [0.717, 1.165) is 5.56 Å². The largest absolute Gasteiger partial charge is 0.418 e. The van der Waals surface area contributed by atoms with Crippen LogP contribution in [0.2, 0.25) is 5.02 Å². The summed E-state index contributed by atoms with van der Waals surface area (Å²) in [5.74, 6) is -0.0411. The Hall–Kier alpha value is -3.71. The van der Waals surface area contributed by atoms with Gasteiger partial charge in [0.15, 0.2) is 0 Å². The number of halogens is 2. The number of amides is 2. The van der Waals surface area contributed by atoms with E-state index in [9.17, 15) is 9.18 Å².